The maximum absolute atomic E-state index is 14.0. The second-order valence-corrected chi connectivity index (χ2v) is 15.7. The minimum Gasteiger partial charge on any atom is -0.493 e. The number of carbonyl (C=O) groups is 4. The summed E-state index contributed by atoms with van der Waals surface area (Å²) in [7, 11) is 4.60. The zero-order valence-electron chi connectivity index (χ0n) is 36.3. The number of hydrogen-bond acceptors (Lipinski definition) is 13. The van der Waals surface area contributed by atoms with Crippen molar-refractivity contribution in [2.24, 2.45) is 15.3 Å². The molecular weight excluding hydrogens is 833 g/mol. The van der Waals surface area contributed by atoms with Gasteiger partial charge in [-0.15, -0.1) is 0 Å². The summed E-state index contributed by atoms with van der Waals surface area (Å²) in [6, 6.07) is 24.7. The molecule has 1 unspecified atom stereocenters. The van der Waals surface area contributed by atoms with Crippen LogP contribution in [-0.2, 0) is 49.9 Å². The number of allylic oxidation sites excluding steroid dienone is 1. The number of hydrogen-bond donors (Lipinski definition) is 5. The smallest absolute Gasteiger partial charge is 0.261 e. The van der Waals surface area contributed by atoms with E-state index in [1.807, 2.05) is 48.5 Å². The number of ether oxygens (including phenoxy) is 4. The molecule has 65 heavy (non-hydrogen) atoms. The number of carbonyl (C=O) groups excluding carboxylic acids is 4. The Balaban J connectivity index is 1.01. The van der Waals surface area contributed by atoms with Gasteiger partial charge in [0, 0.05) is 61.2 Å². The van der Waals surface area contributed by atoms with E-state index in [1.165, 1.54) is 19.7 Å². The monoisotopic (exact) mass is 882 g/mol. The lowest BCUT2D eigenvalue weighted by atomic mass is 10.1. The molecule has 0 saturated heterocycles. The lowest BCUT2D eigenvalue weighted by Crippen LogP contribution is -2.49. The van der Waals surface area contributed by atoms with Crippen LogP contribution >= 0.6 is 0 Å². The van der Waals surface area contributed by atoms with Crippen molar-refractivity contribution in [2.45, 2.75) is 44.4 Å². The maximum atomic E-state index is 14.0. The van der Waals surface area contributed by atoms with Gasteiger partial charge in [0.05, 0.1) is 50.6 Å². The second kappa shape index (κ2) is 19.8. The molecular formula is C47H50N10O8. The van der Waals surface area contributed by atoms with Crippen LogP contribution in [0.2, 0.25) is 0 Å². The van der Waals surface area contributed by atoms with E-state index < -0.39 is 23.9 Å². The normalized spacial score (nSPS) is 18.9. The summed E-state index contributed by atoms with van der Waals surface area (Å²) in [6.07, 6.45) is 4.57. The minimum absolute atomic E-state index is 0.0208. The zero-order chi connectivity index (χ0) is 45.5. The Morgan fingerprint density at radius 3 is 2.28 bits per heavy atom. The van der Waals surface area contributed by atoms with Crippen molar-refractivity contribution in [1.82, 2.24) is 21.4 Å². The Morgan fingerprint density at radius 2 is 1.54 bits per heavy atom. The predicted octanol–water partition coefficient (Wildman–Crippen LogP) is 4.24. The van der Waals surface area contributed by atoms with Gasteiger partial charge in [-0.1, -0.05) is 48.2 Å². The number of methoxy groups -OCH3 is 2. The summed E-state index contributed by atoms with van der Waals surface area (Å²) in [5, 5.41) is 18.2. The number of fused-ring (bicyclic) bond motifs is 7. The molecule has 18 nitrogen and oxygen atoms in total. The highest BCUT2D eigenvalue weighted by molar-refractivity contribution is 6.14. The molecule has 3 atom stereocenters. The fourth-order valence-electron chi connectivity index (χ4n) is 8.38. The lowest BCUT2D eigenvalue weighted by molar-refractivity contribution is -0.126. The first-order valence-electron chi connectivity index (χ1n) is 21.1. The molecule has 0 radical (unpaired) electrons. The summed E-state index contributed by atoms with van der Waals surface area (Å²) in [5.74, 6) is -0.489. The van der Waals surface area contributed by atoms with Crippen molar-refractivity contribution in [2.75, 3.05) is 62.6 Å². The van der Waals surface area contributed by atoms with E-state index in [9.17, 15) is 19.2 Å². The zero-order valence-corrected chi connectivity index (χ0v) is 36.3. The average molecular weight is 883 g/mol. The van der Waals surface area contributed by atoms with Crippen molar-refractivity contribution >= 4 is 52.6 Å². The molecule has 0 bridgehead atoms. The van der Waals surface area contributed by atoms with Crippen LogP contribution in [0.15, 0.2) is 118 Å². The Hall–Kier alpha value is -7.73. The minimum atomic E-state index is -0.563. The summed E-state index contributed by atoms with van der Waals surface area (Å²) in [5.41, 5.74) is 9.94. The maximum Gasteiger partial charge on any atom is 0.261 e. The van der Waals surface area contributed by atoms with Crippen LogP contribution in [0, 0.1) is 0 Å². The van der Waals surface area contributed by atoms with Crippen LogP contribution in [0.4, 0.5) is 22.7 Å². The highest BCUT2D eigenvalue weighted by Crippen LogP contribution is 2.41. The third-order valence-corrected chi connectivity index (χ3v) is 11.3. The van der Waals surface area contributed by atoms with Crippen molar-refractivity contribution in [1.29, 1.82) is 0 Å². The topological polar surface area (TPSA) is 209 Å². The Labute approximate surface area is 375 Å². The fourth-order valence-corrected chi connectivity index (χ4v) is 8.38. The van der Waals surface area contributed by atoms with Crippen LogP contribution in [0.3, 0.4) is 0 Å². The van der Waals surface area contributed by atoms with Gasteiger partial charge >= 0.3 is 0 Å². The molecule has 0 aliphatic carbocycles. The van der Waals surface area contributed by atoms with Crippen LogP contribution in [0.5, 0.6) is 11.5 Å². The predicted molar refractivity (Wildman–Crippen MR) is 243 cm³/mol. The van der Waals surface area contributed by atoms with Gasteiger partial charge in [0.1, 0.15) is 25.5 Å². The van der Waals surface area contributed by atoms with Crippen molar-refractivity contribution in [3.05, 3.63) is 131 Å². The van der Waals surface area contributed by atoms with E-state index in [-0.39, 0.29) is 50.8 Å². The molecule has 4 aromatic carbocycles. The summed E-state index contributed by atoms with van der Waals surface area (Å²) >= 11 is 0. The second-order valence-electron chi connectivity index (χ2n) is 15.7. The molecule has 0 spiro atoms. The van der Waals surface area contributed by atoms with Gasteiger partial charge in [-0.2, -0.15) is 5.11 Å². The van der Waals surface area contributed by atoms with Crippen molar-refractivity contribution < 1.29 is 38.1 Å². The van der Waals surface area contributed by atoms with E-state index in [2.05, 4.69) is 60.6 Å². The van der Waals surface area contributed by atoms with Crippen LogP contribution in [0.25, 0.3) is 0 Å². The van der Waals surface area contributed by atoms with E-state index in [0.29, 0.717) is 64.0 Å². The first kappa shape index (κ1) is 43.9. The number of anilines is 3. The fraction of sp³-hybridized carbons (Fsp3) is 0.298. The van der Waals surface area contributed by atoms with Gasteiger partial charge < -0.3 is 45.1 Å². The average Bonchev–Trinajstić information content (AvgIpc) is 3.83. The Kier molecular flexibility index (Phi) is 13.3. The SMILES string of the molecule is C=C1/C=C(/OCc2cc(COc3cc4c(cc3OC)C(=O)N3c5ccccc5C[C@H]3C=N4)cc(NC(=O)CNC(=O)CNC(=O)CNN=NC)c2)C(OC)N2c3ccccc3C[C@H]2CN1. The van der Waals surface area contributed by atoms with Gasteiger partial charge in [0.2, 0.25) is 17.7 Å². The van der Waals surface area contributed by atoms with Crippen LogP contribution in [0.1, 0.15) is 32.6 Å². The van der Waals surface area contributed by atoms with Crippen molar-refractivity contribution in [3.63, 3.8) is 0 Å². The summed E-state index contributed by atoms with van der Waals surface area (Å²) < 4.78 is 24.8. The number of nitrogens with one attached hydrogen (secondary N) is 5. The van der Waals surface area contributed by atoms with E-state index in [0.717, 1.165) is 23.4 Å². The van der Waals surface area contributed by atoms with E-state index >= 15 is 0 Å². The molecule has 4 heterocycles. The highest BCUT2D eigenvalue weighted by Gasteiger charge is 2.39. The summed E-state index contributed by atoms with van der Waals surface area (Å²) in [6.45, 7) is 4.09. The number of rotatable bonds is 16. The first-order valence-corrected chi connectivity index (χ1v) is 21.1. The Bertz CT molecular complexity index is 2600. The third-order valence-electron chi connectivity index (χ3n) is 11.3. The lowest BCUT2D eigenvalue weighted by Gasteiger charge is -2.37. The van der Waals surface area contributed by atoms with Gasteiger partial charge in [0.25, 0.3) is 5.91 Å². The largest absolute Gasteiger partial charge is 0.493 e. The number of nitrogens with zero attached hydrogens (tertiary/aromatic N) is 5. The van der Waals surface area contributed by atoms with Gasteiger partial charge in [-0.05, 0) is 65.1 Å². The third kappa shape index (κ3) is 9.92. The van der Waals surface area contributed by atoms with Crippen LogP contribution < -0.4 is 46.0 Å². The molecule has 4 aromatic rings. The molecule has 0 aromatic heterocycles. The number of aliphatic imine (C=N–C) groups is 1. The molecule has 4 amide bonds. The Morgan fingerprint density at radius 1 is 0.846 bits per heavy atom. The number of para-hydroxylation sites is 2. The molecule has 4 aliphatic rings. The number of amides is 4. The molecule has 8 rings (SSSR count). The molecule has 18 heteroatoms. The highest BCUT2D eigenvalue weighted by atomic mass is 16.5. The molecule has 0 fully saturated rings. The van der Waals surface area contributed by atoms with Crippen LogP contribution in [-0.4, -0.2) is 95.6 Å². The number of benzene rings is 4. The summed E-state index contributed by atoms with van der Waals surface area (Å²) in [4.78, 5) is 60.4. The molecule has 0 saturated carbocycles. The van der Waals surface area contributed by atoms with Crippen molar-refractivity contribution in [3.8, 4) is 11.5 Å². The van der Waals surface area contributed by atoms with Gasteiger partial charge in [0.15, 0.2) is 17.7 Å². The van der Waals surface area contributed by atoms with E-state index in [1.54, 1.807) is 42.5 Å². The first-order chi connectivity index (χ1) is 31.6. The molecule has 4 aliphatic heterocycles. The van der Waals surface area contributed by atoms with Gasteiger partial charge in [-0.25, -0.2) is 0 Å². The van der Waals surface area contributed by atoms with E-state index in [4.69, 9.17) is 23.9 Å². The standard InChI is InChI=1S/C47H50N10O8/c1-28-13-42(47(63-4)57-35(21-49-28)18-32-10-6-8-12-39(32)57)65-27-30-14-29(15-33(16-30)54-45(60)24-52-43(58)23-51-44(59)25-53-55-48-2)26-64-41-20-37-36(19-40(41)62-3)46(61)56-34(22-50-37)17-31-9-5-7-11-38(31)56/h5-16,19-20,22,34-35,47,49H,1,17-18,21,23-27H2,2-4H3,(H,48,53)(H,51,59)(H,52,58)(H,54,60)/b42-13+/t34-,35-,47?/m0/s1. The molecule has 336 valence electrons. The molecule has 5 N–H and O–H groups in total. The quantitative estimate of drug-likeness (QED) is 0.0795. The van der Waals surface area contributed by atoms with Gasteiger partial charge in [-0.3, -0.25) is 34.5 Å².